The lowest BCUT2D eigenvalue weighted by Gasteiger charge is -2.41. The molecule has 0 heterocycles. The van der Waals surface area contributed by atoms with Crippen LogP contribution in [0.1, 0.15) is 34.1 Å². The molecule has 13 heavy (non-hydrogen) atoms. The van der Waals surface area contributed by atoms with Gasteiger partial charge in [0.15, 0.2) is 0 Å². The summed E-state index contributed by atoms with van der Waals surface area (Å²) in [4.78, 5) is 0. The Morgan fingerprint density at radius 2 is 1.92 bits per heavy atom. The summed E-state index contributed by atoms with van der Waals surface area (Å²) in [6, 6.07) is 0. The fraction of sp³-hybridized carbons (Fsp3) is 0.667. The van der Waals surface area contributed by atoms with Crippen LogP contribution in [0.4, 0.5) is 0 Å². The molecule has 1 rings (SSSR count). The summed E-state index contributed by atoms with van der Waals surface area (Å²) in [5.41, 5.74) is 1.33. The van der Waals surface area contributed by atoms with Gasteiger partial charge in [0.2, 0.25) is 0 Å². The zero-order chi connectivity index (χ0) is 10.1. The summed E-state index contributed by atoms with van der Waals surface area (Å²) >= 11 is 0. The van der Waals surface area contributed by atoms with E-state index in [9.17, 15) is 0 Å². The van der Waals surface area contributed by atoms with Gasteiger partial charge in [0, 0.05) is 12.5 Å². The summed E-state index contributed by atoms with van der Waals surface area (Å²) < 4.78 is 5.56. The first-order chi connectivity index (χ1) is 5.95. The van der Waals surface area contributed by atoms with Crippen LogP contribution in [0.5, 0.6) is 0 Å². The summed E-state index contributed by atoms with van der Waals surface area (Å²) in [5, 5.41) is 0. The molecule has 1 aliphatic rings. The highest BCUT2D eigenvalue weighted by Gasteiger charge is 2.39. The van der Waals surface area contributed by atoms with Crippen molar-refractivity contribution >= 4 is 0 Å². The predicted octanol–water partition coefficient (Wildman–Crippen LogP) is 3.32. The molecule has 0 fully saturated rings. The Morgan fingerprint density at radius 1 is 1.31 bits per heavy atom. The number of ether oxygens (including phenoxy) is 1. The van der Waals surface area contributed by atoms with Gasteiger partial charge in [-0.25, -0.2) is 0 Å². The average molecular weight is 180 g/mol. The highest BCUT2D eigenvalue weighted by atomic mass is 16.5. The van der Waals surface area contributed by atoms with Crippen molar-refractivity contribution in [2.45, 2.75) is 39.7 Å². The van der Waals surface area contributed by atoms with Crippen LogP contribution in [0.15, 0.2) is 23.8 Å². The van der Waals surface area contributed by atoms with Crippen molar-refractivity contribution in [2.24, 2.45) is 5.41 Å². The van der Waals surface area contributed by atoms with E-state index < -0.39 is 0 Å². The second-order valence-corrected chi connectivity index (χ2v) is 4.44. The van der Waals surface area contributed by atoms with E-state index in [1.165, 1.54) is 5.57 Å². The monoisotopic (exact) mass is 180 g/mol. The van der Waals surface area contributed by atoms with Crippen LogP contribution in [0.25, 0.3) is 0 Å². The second-order valence-electron chi connectivity index (χ2n) is 4.44. The van der Waals surface area contributed by atoms with Gasteiger partial charge in [0.1, 0.15) is 0 Å². The van der Waals surface area contributed by atoms with E-state index >= 15 is 0 Å². The maximum Gasteiger partial charge on any atom is 0.0918 e. The summed E-state index contributed by atoms with van der Waals surface area (Å²) in [5.74, 6) is 0. The lowest BCUT2D eigenvalue weighted by Crippen LogP contribution is -2.42. The average Bonchev–Trinajstić information content (AvgIpc) is 2.09. The Labute approximate surface area is 81.5 Å². The van der Waals surface area contributed by atoms with Crippen LogP contribution in [-0.4, -0.2) is 12.7 Å². The number of hydrogen-bond donors (Lipinski definition) is 0. The largest absolute Gasteiger partial charge is 0.374 e. The Kier molecular flexibility index (Phi) is 2.67. The molecule has 74 valence electrons. The molecule has 0 saturated carbocycles. The molecule has 1 unspecified atom stereocenters. The molecule has 0 aromatic carbocycles. The lowest BCUT2D eigenvalue weighted by molar-refractivity contribution is -0.0253. The Balaban J connectivity index is 3.01. The highest BCUT2D eigenvalue weighted by Crippen LogP contribution is 2.40. The van der Waals surface area contributed by atoms with Gasteiger partial charge in [-0.05, 0) is 13.3 Å². The maximum absolute atomic E-state index is 5.56. The van der Waals surface area contributed by atoms with Gasteiger partial charge in [-0.15, -0.1) is 0 Å². The zero-order valence-corrected chi connectivity index (χ0v) is 9.35. The van der Waals surface area contributed by atoms with Gasteiger partial charge in [-0.2, -0.15) is 0 Å². The van der Waals surface area contributed by atoms with E-state index in [1.54, 1.807) is 7.11 Å². The molecule has 1 atom stereocenters. The van der Waals surface area contributed by atoms with Gasteiger partial charge < -0.3 is 4.74 Å². The lowest BCUT2D eigenvalue weighted by atomic mass is 9.71. The molecule has 0 amide bonds. The second kappa shape index (κ2) is 3.30. The van der Waals surface area contributed by atoms with Crippen LogP contribution < -0.4 is 0 Å². The fourth-order valence-electron chi connectivity index (χ4n) is 1.69. The zero-order valence-electron chi connectivity index (χ0n) is 9.35. The first-order valence-electron chi connectivity index (χ1n) is 4.91. The third kappa shape index (κ3) is 1.71. The van der Waals surface area contributed by atoms with E-state index in [0.717, 1.165) is 6.42 Å². The van der Waals surface area contributed by atoms with E-state index in [2.05, 4.69) is 45.9 Å². The van der Waals surface area contributed by atoms with Crippen molar-refractivity contribution < 1.29 is 4.74 Å². The summed E-state index contributed by atoms with van der Waals surface area (Å²) in [6.45, 7) is 8.75. The molecule has 0 bridgehead atoms. The Hall–Kier alpha value is -0.560. The quantitative estimate of drug-likeness (QED) is 0.633. The van der Waals surface area contributed by atoms with Crippen molar-refractivity contribution in [3.05, 3.63) is 23.8 Å². The summed E-state index contributed by atoms with van der Waals surface area (Å²) in [7, 11) is 1.77. The van der Waals surface area contributed by atoms with Crippen LogP contribution >= 0.6 is 0 Å². The molecule has 0 saturated heterocycles. The minimum Gasteiger partial charge on any atom is -0.374 e. The van der Waals surface area contributed by atoms with Gasteiger partial charge >= 0.3 is 0 Å². The Bertz CT molecular complexity index is 248. The predicted molar refractivity (Wildman–Crippen MR) is 56.7 cm³/mol. The van der Waals surface area contributed by atoms with Crippen LogP contribution in [0.3, 0.4) is 0 Å². The molecule has 0 aliphatic heterocycles. The molecular formula is C12H20O. The van der Waals surface area contributed by atoms with Crippen LogP contribution in [0, 0.1) is 5.41 Å². The standard InChI is InChI=1S/C12H20O/c1-6-10-7-8-12(4,13-5)11(2,3)9-10/h7-9H,6H2,1-5H3. The van der Waals surface area contributed by atoms with Gasteiger partial charge in [0.25, 0.3) is 0 Å². The Morgan fingerprint density at radius 3 is 2.31 bits per heavy atom. The van der Waals surface area contributed by atoms with E-state index in [0.29, 0.717) is 0 Å². The van der Waals surface area contributed by atoms with Crippen molar-refractivity contribution in [1.29, 1.82) is 0 Å². The SMILES string of the molecule is CCC1=CC(C)(C)C(C)(OC)C=C1. The molecule has 0 aromatic rings. The van der Waals surface area contributed by atoms with Crippen LogP contribution in [0.2, 0.25) is 0 Å². The molecular weight excluding hydrogens is 160 g/mol. The molecule has 1 heteroatoms. The minimum atomic E-state index is -0.161. The fourth-order valence-corrected chi connectivity index (χ4v) is 1.69. The number of hydrogen-bond acceptors (Lipinski definition) is 1. The van der Waals surface area contributed by atoms with Crippen molar-refractivity contribution in [2.75, 3.05) is 7.11 Å². The third-order valence-corrected chi connectivity index (χ3v) is 3.27. The number of methoxy groups -OCH3 is 1. The highest BCUT2D eigenvalue weighted by molar-refractivity contribution is 5.32. The maximum atomic E-state index is 5.56. The molecule has 0 N–H and O–H groups in total. The van der Waals surface area contributed by atoms with Gasteiger partial charge in [-0.3, -0.25) is 0 Å². The topological polar surface area (TPSA) is 9.23 Å². The van der Waals surface area contributed by atoms with E-state index in [1.807, 2.05) is 0 Å². The van der Waals surface area contributed by atoms with E-state index in [4.69, 9.17) is 4.74 Å². The number of allylic oxidation sites excluding steroid dienone is 2. The van der Waals surface area contributed by atoms with Crippen LogP contribution in [-0.2, 0) is 4.74 Å². The molecule has 1 aliphatic carbocycles. The number of rotatable bonds is 2. The first-order valence-corrected chi connectivity index (χ1v) is 4.91. The van der Waals surface area contributed by atoms with E-state index in [-0.39, 0.29) is 11.0 Å². The van der Waals surface area contributed by atoms with Crippen molar-refractivity contribution in [3.63, 3.8) is 0 Å². The summed E-state index contributed by atoms with van der Waals surface area (Å²) in [6.07, 6.45) is 7.76. The molecule has 1 nitrogen and oxygen atoms in total. The van der Waals surface area contributed by atoms with Gasteiger partial charge in [0.05, 0.1) is 5.60 Å². The van der Waals surface area contributed by atoms with Crippen molar-refractivity contribution in [3.8, 4) is 0 Å². The smallest absolute Gasteiger partial charge is 0.0918 e. The minimum absolute atomic E-state index is 0.0852. The molecule has 0 aromatic heterocycles. The first kappa shape index (κ1) is 10.5. The molecule has 0 radical (unpaired) electrons. The van der Waals surface area contributed by atoms with Gasteiger partial charge in [-0.1, -0.05) is 44.6 Å². The van der Waals surface area contributed by atoms with Crippen molar-refractivity contribution in [1.82, 2.24) is 0 Å². The molecule has 0 spiro atoms. The third-order valence-electron chi connectivity index (χ3n) is 3.27. The normalized spacial score (nSPS) is 31.6.